The number of nitrogens with one attached hydrogen (secondary N) is 2. The predicted molar refractivity (Wildman–Crippen MR) is 118 cm³/mol. The van der Waals surface area contributed by atoms with Crippen LogP contribution in [0.1, 0.15) is 25.3 Å². The molecule has 2 aromatic rings. The summed E-state index contributed by atoms with van der Waals surface area (Å²) in [6, 6.07) is 11.3. The maximum atomic E-state index is 12.7. The predicted octanol–water partition coefficient (Wildman–Crippen LogP) is 3.79. The van der Waals surface area contributed by atoms with Crippen LogP contribution in [0.25, 0.3) is 0 Å². The first-order chi connectivity index (χ1) is 14.0. The van der Waals surface area contributed by atoms with Gasteiger partial charge in [0.25, 0.3) is 0 Å². The highest BCUT2D eigenvalue weighted by atomic mass is 32.2. The van der Waals surface area contributed by atoms with Gasteiger partial charge in [0.1, 0.15) is 5.82 Å². The van der Waals surface area contributed by atoms with Gasteiger partial charge in [-0.25, -0.2) is 4.98 Å². The number of nitrogens with zero attached hydrogens (tertiary/aromatic N) is 2. The molecule has 154 valence electrons. The van der Waals surface area contributed by atoms with Crippen molar-refractivity contribution >= 4 is 35.1 Å². The summed E-state index contributed by atoms with van der Waals surface area (Å²) in [5.41, 5.74) is 1.90. The SMILES string of the molecule is CSc1ccccc1NC(=O)C(C)N1CCC(C(=O)Nc2ccc(C)cn2)CC1. The summed E-state index contributed by atoms with van der Waals surface area (Å²) in [7, 11) is 0. The maximum absolute atomic E-state index is 12.7. The topological polar surface area (TPSA) is 74.3 Å². The zero-order valence-corrected chi connectivity index (χ0v) is 18.0. The Balaban J connectivity index is 1.50. The van der Waals surface area contributed by atoms with Crippen molar-refractivity contribution in [2.24, 2.45) is 5.92 Å². The molecule has 6 nitrogen and oxygen atoms in total. The number of piperidine rings is 1. The monoisotopic (exact) mass is 412 g/mol. The van der Waals surface area contributed by atoms with E-state index in [1.807, 2.05) is 56.5 Å². The molecular formula is C22H28N4O2S. The molecule has 0 aliphatic carbocycles. The summed E-state index contributed by atoms with van der Waals surface area (Å²) >= 11 is 1.61. The van der Waals surface area contributed by atoms with Crippen molar-refractivity contribution in [3.63, 3.8) is 0 Å². The minimum absolute atomic E-state index is 0.00649. The highest BCUT2D eigenvalue weighted by molar-refractivity contribution is 7.98. The molecule has 2 heterocycles. The normalized spacial score (nSPS) is 16.2. The Morgan fingerprint density at radius 1 is 1.14 bits per heavy atom. The Morgan fingerprint density at radius 2 is 1.86 bits per heavy atom. The Kier molecular flexibility index (Phi) is 7.28. The van der Waals surface area contributed by atoms with Crippen molar-refractivity contribution in [3.05, 3.63) is 48.2 Å². The second-order valence-corrected chi connectivity index (χ2v) is 8.23. The third kappa shape index (κ3) is 5.58. The summed E-state index contributed by atoms with van der Waals surface area (Å²) in [6.07, 6.45) is 5.21. The van der Waals surface area contributed by atoms with E-state index >= 15 is 0 Å². The van der Waals surface area contributed by atoms with Gasteiger partial charge in [-0.05, 0) is 69.8 Å². The number of thioether (sulfide) groups is 1. The van der Waals surface area contributed by atoms with Gasteiger partial charge < -0.3 is 10.6 Å². The molecule has 2 N–H and O–H groups in total. The Morgan fingerprint density at radius 3 is 2.52 bits per heavy atom. The number of hydrogen-bond acceptors (Lipinski definition) is 5. The van der Waals surface area contributed by atoms with Gasteiger partial charge in [0.2, 0.25) is 11.8 Å². The van der Waals surface area contributed by atoms with Crippen LogP contribution in [0.3, 0.4) is 0 Å². The van der Waals surface area contributed by atoms with Gasteiger partial charge in [0, 0.05) is 17.0 Å². The van der Waals surface area contributed by atoms with Crippen LogP contribution >= 0.6 is 11.8 Å². The number of para-hydroxylation sites is 1. The maximum Gasteiger partial charge on any atom is 0.241 e. The van der Waals surface area contributed by atoms with E-state index in [4.69, 9.17) is 0 Å². The Bertz CT molecular complexity index is 848. The van der Waals surface area contributed by atoms with Crippen LogP contribution < -0.4 is 10.6 Å². The first kappa shape index (κ1) is 21.3. The molecule has 1 aromatic heterocycles. The van der Waals surface area contributed by atoms with E-state index in [1.54, 1.807) is 18.0 Å². The highest BCUT2D eigenvalue weighted by Crippen LogP contribution is 2.26. The van der Waals surface area contributed by atoms with E-state index in [-0.39, 0.29) is 23.8 Å². The highest BCUT2D eigenvalue weighted by Gasteiger charge is 2.30. The lowest BCUT2D eigenvalue weighted by atomic mass is 9.95. The Hall–Kier alpha value is -2.38. The fourth-order valence-corrected chi connectivity index (χ4v) is 4.02. The number of aryl methyl sites for hydroxylation is 1. The summed E-state index contributed by atoms with van der Waals surface area (Å²) < 4.78 is 0. The van der Waals surface area contributed by atoms with Gasteiger partial charge in [-0.3, -0.25) is 14.5 Å². The molecule has 29 heavy (non-hydrogen) atoms. The molecule has 1 aromatic carbocycles. The summed E-state index contributed by atoms with van der Waals surface area (Å²) in [4.78, 5) is 32.7. The average Bonchev–Trinajstić information content (AvgIpc) is 2.75. The van der Waals surface area contributed by atoms with E-state index in [0.29, 0.717) is 5.82 Å². The molecule has 1 aliphatic heterocycles. The third-order valence-electron chi connectivity index (χ3n) is 5.35. The number of carbonyl (C=O) groups is 2. The van der Waals surface area contributed by atoms with E-state index in [9.17, 15) is 9.59 Å². The standard InChI is InChI=1S/C22H28N4O2S/c1-15-8-9-20(23-14-15)25-22(28)17-10-12-26(13-11-17)16(2)21(27)24-18-6-4-5-7-19(18)29-3/h4-9,14,16-17H,10-13H2,1-3H3,(H,24,27)(H,23,25,28). The zero-order chi connectivity index (χ0) is 20.8. The van der Waals surface area contributed by atoms with Crippen molar-refractivity contribution in [2.45, 2.75) is 37.6 Å². The van der Waals surface area contributed by atoms with E-state index < -0.39 is 0 Å². The lowest BCUT2D eigenvalue weighted by Gasteiger charge is -2.34. The second-order valence-electron chi connectivity index (χ2n) is 7.39. The minimum Gasteiger partial charge on any atom is -0.324 e. The van der Waals surface area contributed by atoms with Crippen molar-refractivity contribution in [3.8, 4) is 0 Å². The molecule has 7 heteroatoms. The lowest BCUT2D eigenvalue weighted by molar-refractivity contribution is -0.123. The fraction of sp³-hybridized carbons (Fsp3) is 0.409. The Labute approximate surface area is 176 Å². The van der Waals surface area contributed by atoms with Gasteiger partial charge in [-0.1, -0.05) is 18.2 Å². The first-order valence-electron chi connectivity index (χ1n) is 9.89. The van der Waals surface area contributed by atoms with E-state index in [2.05, 4.69) is 20.5 Å². The van der Waals surface area contributed by atoms with Gasteiger partial charge in [-0.2, -0.15) is 0 Å². The van der Waals surface area contributed by atoms with Crippen LogP contribution in [0.2, 0.25) is 0 Å². The number of hydrogen-bond donors (Lipinski definition) is 2. The summed E-state index contributed by atoms with van der Waals surface area (Å²) in [5, 5.41) is 5.94. The summed E-state index contributed by atoms with van der Waals surface area (Å²) in [5.74, 6) is 0.523. The van der Waals surface area contributed by atoms with Gasteiger partial charge in [0.15, 0.2) is 0 Å². The van der Waals surface area contributed by atoms with Crippen LogP contribution in [0.4, 0.5) is 11.5 Å². The van der Waals surface area contributed by atoms with Crippen LogP contribution in [-0.4, -0.2) is 47.1 Å². The number of pyridine rings is 1. The number of carbonyl (C=O) groups excluding carboxylic acids is 2. The van der Waals surface area contributed by atoms with Crippen molar-refractivity contribution in [1.82, 2.24) is 9.88 Å². The molecule has 0 bridgehead atoms. The molecule has 0 saturated carbocycles. The molecule has 0 spiro atoms. The smallest absolute Gasteiger partial charge is 0.241 e. The number of rotatable bonds is 6. The van der Waals surface area contributed by atoms with Crippen molar-refractivity contribution in [1.29, 1.82) is 0 Å². The lowest BCUT2D eigenvalue weighted by Crippen LogP contribution is -2.47. The van der Waals surface area contributed by atoms with Crippen LogP contribution in [0.15, 0.2) is 47.5 Å². The molecule has 1 atom stereocenters. The molecule has 2 amide bonds. The third-order valence-corrected chi connectivity index (χ3v) is 6.15. The minimum atomic E-state index is -0.243. The molecular weight excluding hydrogens is 384 g/mol. The van der Waals surface area contributed by atoms with Gasteiger partial charge >= 0.3 is 0 Å². The first-order valence-corrected chi connectivity index (χ1v) is 11.1. The van der Waals surface area contributed by atoms with Crippen molar-refractivity contribution in [2.75, 3.05) is 30.0 Å². The molecule has 1 unspecified atom stereocenters. The van der Waals surface area contributed by atoms with Crippen LogP contribution in [0, 0.1) is 12.8 Å². The molecule has 0 radical (unpaired) electrons. The number of benzene rings is 1. The van der Waals surface area contributed by atoms with E-state index in [0.717, 1.165) is 42.1 Å². The number of likely N-dealkylation sites (tertiary alicyclic amines) is 1. The number of aromatic nitrogens is 1. The van der Waals surface area contributed by atoms with Gasteiger partial charge in [-0.15, -0.1) is 11.8 Å². The molecule has 1 saturated heterocycles. The van der Waals surface area contributed by atoms with Crippen LogP contribution in [-0.2, 0) is 9.59 Å². The molecule has 1 aliphatic rings. The second kappa shape index (κ2) is 9.89. The zero-order valence-electron chi connectivity index (χ0n) is 17.1. The largest absolute Gasteiger partial charge is 0.324 e. The average molecular weight is 413 g/mol. The van der Waals surface area contributed by atoms with Crippen molar-refractivity contribution < 1.29 is 9.59 Å². The number of anilines is 2. The molecule has 1 fully saturated rings. The number of amides is 2. The van der Waals surface area contributed by atoms with E-state index in [1.165, 1.54) is 0 Å². The molecule has 3 rings (SSSR count). The quantitative estimate of drug-likeness (QED) is 0.706. The van der Waals surface area contributed by atoms with Crippen LogP contribution in [0.5, 0.6) is 0 Å². The summed E-state index contributed by atoms with van der Waals surface area (Å²) in [6.45, 7) is 5.33. The fourth-order valence-electron chi connectivity index (χ4n) is 3.47. The van der Waals surface area contributed by atoms with Gasteiger partial charge in [0.05, 0.1) is 11.7 Å².